The van der Waals surface area contributed by atoms with Crippen LogP contribution in [0.2, 0.25) is 5.02 Å². The Balaban J connectivity index is 1.90. The van der Waals surface area contributed by atoms with Gasteiger partial charge in [-0.05, 0) is 62.1 Å². The Labute approximate surface area is 171 Å². The van der Waals surface area contributed by atoms with E-state index in [-0.39, 0.29) is 10.8 Å². The molecule has 7 heteroatoms. The predicted molar refractivity (Wildman–Crippen MR) is 113 cm³/mol. The van der Waals surface area contributed by atoms with Gasteiger partial charge in [-0.2, -0.15) is 4.31 Å². The molecule has 1 N–H and O–H groups in total. The highest BCUT2D eigenvalue weighted by Gasteiger charge is 2.26. The van der Waals surface area contributed by atoms with Crippen molar-refractivity contribution in [3.63, 3.8) is 0 Å². The second kappa shape index (κ2) is 8.64. The Kier molecular flexibility index (Phi) is 6.43. The van der Waals surface area contributed by atoms with Crippen molar-refractivity contribution in [3.8, 4) is 0 Å². The minimum atomic E-state index is -3.61. The lowest BCUT2D eigenvalue weighted by Gasteiger charge is -2.20. The Morgan fingerprint density at radius 3 is 2.29 bits per heavy atom. The maximum atomic E-state index is 13.1. The zero-order valence-corrected chi connectivity index (χ0v) is 17.7. The fourth-order valence-electron chi connectivity index (χ4n) is 3.36. The monoisotopic (exact) mass is 420 g/mol. The first-order valence-corrected chi connectivity index (χ1v) is 11.3. The van der Waals surface area contributed by atoms with Crippen molar-refractivity contribution in [2.24, 2.45) is 0 Å². The molecule has 2 aromatic carbocycles. The molecule has 2 aromatic rings. The number of anilines is 1. The van der Waals surface area contributed by atoms with Gasteiger partial charge >= 0.3 is 0 Å². The van der Waals surface area contributed by atoms with Gasteiger partial charge in [0.2, 0.25) is 10.0 Å². The quantitative estimate of drug-likeness (QED) is 0.774. The number of carbonyl (C=O) groups is 1. The number of hydrogen-bond acceptors (Lipinski definition) is 3. The molecule has 28 heavy (non-hydrogen) atoms. The number of sulfonamides is 1. The third kappa shape index (κ3) is 4.57. The van der Waals surface area contributed by atoms with E-state index in [1.165, 1.54) is 10.4 Å². The highest BCUT2D eigenvalue weighted by Crippen LogP contribution is 2.25. The number of carbonyl (C=O) groups excluding carboxylic acids is 1. The predicted octanol–water partition coefficient (Wildman–Crippen LogP) is 4.77. The third-order valence-corrected chi connectivity index (χ3v) is 7.23. The lowest BCUT2D eigenvalue weighted by molar-refractivity contribution is 0.102. The maximum absolute atomic E-state index is 13.1. The smallest absolute Gasteiger partial charge is 0.255 e. The zero-order chi connectivity index (χ0) is 20.3. The summed E-state index contributed by atoms with van der Waals surface area (Å²) in [5.74, 6) is -0.351. The van der Waals surface area contributed by atoms with E-state index in [1.807, 2.05) is 13.0 Å². The average molecular weight is 421 g/mol. The Morgan fingerprint density at radius 2 is 1.61 bits per heavy atom. The molecule has 1 aliphatic rings. The summed E-state index contributed by atoms with van der Waals surface area (Å²) >= 11 is 6.03. The average Bonchev–Trinajstić information content (AvgIpc) is 2.95. The van der Waals surface area contributed by atoms with Crippen LogP contribution in [0.4, 0.5) is 5.69 Å². The van der Waals surface area contributed by atoms with E-state index in [2.05, 4.69) is 5.32 Å². The summed E-state index contributed by atoms with van der Waals surface area (Å²) in [6.45, 7) is 4.72. The van der Waals surface area contributed by atoms with E-state index in [4.69, 9.17) is 11.6 Å². The molecular weight excluding hydrogens is 396 g/mol. The van der Waals surface area contributed by atoms with Crippen LogP contribution < -0.4 is 5.32 Å². The van der Waals surface area contributed by atoms with Gasteiger partial charge < -0.3 is 5.32 Å². The molecule has 1 aliphatic heterocycles. The molecule has 1 saturated heterocycles. The molecule has 1 amide bonds. The van der Waals surface area contributed by atoms with Crippen LogP contribution in [-0.4, -0.2) is 31.7 Å². The fraction of sp³-hybridized carbons (Fsp3) is 0.381. The number of halogens is 1. The van der Waals surface area contributed by atoms with Gasteiger partial charge in [-0.25, -0.2) is 8.42 Å². The number of nitrogens with zero attached hydrogens (tertiary/aromatic N) is 1. The molecule has 3 rings (SSSR count). The van der Waals surface area contributed by atoms with Crippen LogP contribution in [0.15, 0.2) is 41.3 Å². The molecule has 0 atom stereocenters. The van der Waals surface area contributed by atoms with Gasteiger partial charge in [0, 0.05) is 29.4 Å². The summed E-state index contributed by atoms with van der Waals surface area (Å²) in [7, 11) is -3.61. The first kappa shape index (κ1) is 20.8. The largest absolute Gasteiger partial charge is 0.322 e. The van der Waals surface area contributed by atoms with E-state index in [9.17, 15) is 13.2 Å². The van der Waals surface area contributed by atoms with Gasteiger partial charge in [0.05, 0.1) is 4.90 Å². The van der Waals surface area contributed by atoms with Gasteiger partial charge in [-0.3, -0.25) is 4.79 Å². The van der Waals surface area contributed by atoms with Crippen LogP contribution in [0.5, 0.6) is 0 Å². The number of hydrogen-bond donors (Lipinski definition) is 1. The minimum absolute atomic E-state index is 0.160. The van der Waals surface area contributed by atoms with E-state index >= 15 is 0 Å². The van der Waals surface area contributed by atoms with E-state index < -0.39 is 10.0 Å². The van der Waals surface area contributed by atoms with Gasteiger partial charge in [-0.1, -0.05) is 36.6 Å². The number of nitrogens with one attached hydrogen (secondary N) is 1. The molecular formula is C21H25ClN2O3S. The second-order valence-electron chi connectivity index (χ2n) is 7.21. The number of amides is 1. The third-order valence-electron chi connectivity index (χ3n) is 5.10. The van der Waals surface area contributed by atoms with Crippen LogP contribution in [-0.2, 0) is 10.0 Å². The molecule has 0 unspecified atom stereocenters. The molecule has 0 radical (unpaired) electrons. The normalized spacial score (nSPS) is 15.8. The van der Waals surface area contributed by atoms with Crippen molar-refractivity contribution in [2.45, 2.75) is 44.4 Å². The summed E-state index contributed by atoms with van der Waals surface area (Å²) in [4.78, 5) is 13.0. The molecule has 0 aliphatic carbocycles. The van der Waals surface area contributed by atoms with Crippen molar-refractivity contribution < 1.29 is 13.2 Å². The van der Waals surface area contributed by atoms with Crippen molar-refractivity contribution in [1.82, 2.24) is 4.31 Å². The summed E-state index contributed by atoms with van der Waals surface area (Å²) in [5, 5.41) is 3.37. The van der Waals surface area contributed by atoms with Gasteiger partial charge in [0.25, 0.3) is 5.91 Å². The highest BCUT2D eigenvalue weighted by molar-refractivity contribution is 7.89. The van der Waals surface area contributed by atoms with Crippen molar-refractivity contribution >= 4 is 33.2 Å². The highest BCUT2D eigenvalue weighted by atomic mass is 35.5. The van der Waals surface area contributed by atoms with Crippen LogP contribution in [0, 0.1) is 13.8 Å². The SMILES string of the molecule is Cc1ccc(Cl)cc1NC(=O)c1cc(S(=O)(=O)N2CCCCCC2)ccc1C. The Bertz CT molecular complexity index is 981. The standard InChI is InChI=1S/C21H25ClN2O3S/c1-15-8-10-18(28(26,27)24-11-5-3-4-6-12-24)14-19(15)21(25)23-20-13-17(22)9-7-16(20)2/h7-10,13-14H,3-6,11-12H2,1-2H3,(H,23,25). The second-order valence-corrected chi connectivity index (χ2v) is 9.58. The number of rotatable bonds is 4. The van der Waals surface area contributed by atoms with Crippen molar-refractivity contribution in [3.05, 3.63) is 58.1 Å². The van der Waals surface area contributed by atoms with Crippen LogP contribution >= 0.6 is 11.6 Å². The molecule has 150 valence electrons. The van der Waals surface area contributed by atoms with Gasteiger partial charge in [0.1, 0.15) is 0 Å². The summed E-state index contributed by atoms with van der Waals surface area (Å²) in [6.07, 6.45) is 3.83. The van der Waals surface area contributed by atoms with Crippen LogP contribution in [0.3, 0.4) is 0 Å². The van der Waals surface area contributed by atoms with Crippen molar-refractivity contribution in [2.75, 3.05) is 18.4 Å². The molecule has 0 spiro atoms. The van der Waals surface area contributed by atoms with Crippen LogP contribution in [0.25, 0.3) is 0 Å². The van der Waals surface area contributed by atoms with Crippen LogP contribution in [0.1, 0.15) is 47.2 Å². The Hall–Kier alpha value is -1.89. The summed E-state index contributed by atoms with van der Waals surface area (Å²) in [5.41, 5.74) is 2.55. The molecule has 0 bridgehead atoms. The summed E-state index contributed by atoms with van der Waals surface area (Å²) in [6, 6.07) is 10.0. The molecule has 1 heterocycles. The lowest BCUT2D eigenvalue weighted by Crippen LogP contribution is -2.32. The van der Waals surface area contributed by atoms with Gasteiger partial charge in [-0.15, -0.1) is 0 Å². The molecule has 0 saturated carbocycles. The number of aryl methyl sites for hydroxylation is 2. The maximum Gasteiger partial charge on any atom is 0.255 e. The van der Waals surface area contributed by atoms with Gasteiger partial charge in [0.15, 0.2) is 0 Å². The fourth-order valence-corrected chi connectivity index (χ4v) is 5.07. The Morgan fingerprint density at radius 1 is 0.964 bits per heavy atom. The van der Waals surface area contributed by atoms with E-state index in [0.29, 0.717) is 34.9 Å². The topological polar surface area (TPSA) is 66.5 Å². The first-order valence-electron chi connectivity index (χ1n) is 9.47. The summed E-state index contributed by atoms with van der Waals surface area (Å²) < 4.78 is 27.7. The lowest BCUT2D eigenvalue weighted by atomic mass is 10.1. The van der Waals surface area contributed by atoms with Crippen molar-refractivity contribution in [1.29, 1.82) is 0 Å². The molecule has 0 aromatic heterocycles. The van der Waals surface area contributed by atoms with E-state index in [1.54, 1.807) is 31.2 Å². The number of benzene rings is 2. The minimum Gasteiger partial charge on any atom is -0.322 e. The zero-order valence-electron chi connectivity index (χ0n) is 16.2. The van der Waals surface area contributed by atoms with E-state index in [0.717, 1.165) is 31.2 Å². The molecule has 1 fully saturated rings. The molecule has 5 nitrogen and oxygen atoms in total. The first-order chi connectivity index (χ1) is 13.3.